The Labute approximate surface area is 148 Å². The molecule has 2 nitrogen and oxygen atoms in total. The molecule has 2 unspecified atom stereocenters. The lowest BCUT2D eigenvalue weighted by atomic mass is 9.49. The molecule has 4 atom stereocenters. The SMILES string of the molecule is O=C(OCc1ccc(Br)cc1F)C12C[C@@H]3C[C@@H](CC(Cl)(C3)C1)C2. The summed E-state index contributed by atoms with van der Waals surface area (Å²) in [5.41, 5.74) is -0.0237. The van der Waals surface area contributed by atoms with Gasteiger partial charge in [0.2, 0.25) is 0 Å². The van der Waals surface area contributed by atoms with Crippen molar-refractivity contribution in [2.24, 2.45) is 17.3 Å². The number of hydrogen-bond donors (Lipinski definition) is 0. The second-order valence-electron chi connectivity index (χ2n) is 7.70. The molecule has 23 heavy (non-hydrogen) atoms. The minimum absolute atomic E-state index is 0.00961. The molecule has 0 aromatic heterocycles. The number of benzene rings is 1. The number of carbonyl (C=O) groups excluding carboxylic acids is 1. The average Bonchev–Trinajstić information content (AvgIpc) is 2.43. The molecule has 124 valence electrons. The van der Waals surface area contributed by atoms with Crippen molar-refractivity contribution in [3.05, 3.63) is 34.1 Å². The van der Waals surface area contributed by atoms with Gasteiger partial charge in [-0.05, 0) is 62.5 Å². The molecule has 0 aliphatic heterocycles. The highest BCUT2D eigenvalue weighted by atomic mass is 79.9. The van der Waals surface area contributed by atoms with E-state index in [2.05, 4.69) is 15.9 Å². The van der Waals surface area contributed by atoms with Crippen LogP contribution in [0.25, 0.3) is 0 Å². The third-order valence-electron chi connectivity index (χ3n) is 5.80. The van der Waals surface area contributed by atoms with Crippen LogP contribution in [0.2, 0.25) is 0 Å². The summed E-state index contributed by atoms with van der Waals surface area (Å²) in [6.45, 7) is -0.00961. The van der Waals surface area contributed by atoms with Crippen LogP contribution in [-0.4, -0.2) is 10.8 Å². The van der Waals surface area contributed by atoms with Crippen LogP contribution in [0.15, 0.2) is 22.7 Å². The summed E-state index contributed by atoms with van der Waals surface area (Å²) in [4.78, 5) is 12.6. The lowest BCUT2D eigenvalue weighted by Crippen LogP contribution is -2.56. The van der Waals surface area contributed by atoms with Gasteiger partial charge in [0.1, 0.15) is 12.4 Å². The minimum atomic E-state index is -0.433. The molecular formula is C18H19BrClFO2. The topological polar surface area (TPSA) is 26.3 Å². The number of ether oxygens (including phenoxy) is 1. The van der Waals surface area contributed by atoms with E-state index in [-0.39, 0.29) is 23.3 Å². The highest BCUT2D eigenvalue weighted by Crippen LogP contribution is 2.64. The molecule has 4 bridgehead atoms. The maximum Gasteiger partial charge on any atom is 0.312 e. The van der Waals surface area contributed by atoms with Gasteiger partial charge in [-0.3, -0.25) is 4.79 Å². The van der Waals surface area contributed by atoms with Crippen LogP contribution in [-0.2, 0) is 16.1 Å². The van der Waals surface area contributed by atoms with E-state index in [9.17, 15) is 9.18 Å². The first-order chi connectivity index (χ1) is 10.9. The Bertz CT molecular complexity index is 648. The standard InChI is InChI=1S/C18H19BrClFO2/c19-14-2-1-13(15(21)4-14)9-23-16(22)17-5-11-3-12(6-17)8-18(20,7-11)10-17/h1-2,4,11-12H,3,5-10H2/t11-,12+,17?,18?. The van der Waals surface area contributed by atoms with Gasteiger partial charge in [0, 0.05) is 14.9 Å². The van der Waals surface area contributed by atoms with Crippen LogP contribution in [0.3, 0.4) is 0 Å². The second kappa shape index (κ2) is 5.45. The normalized spacial score (nSPS) is 37.9. The first-order valence-corrected chi connectivity index (χ1v) is 9.35. The molecule has 0 saturated heterocycles. The van der Waals surface area contributed by atoms with Crippen molar-refractivity contribution < 1.29 is 13.9 Å². The van der Waals surface area contributed by atoms with Gasteiger partial charge < -0.3 is 4.74 Å². The fourth-order valence-corrected chi connectivity index (χ4v) is 6.35. The zero-order chi connectivity index (χ0) is 16.2. The van der Waals surface area contributed by atoms with Crippen LogP contribution in [0.5, 0.6) is 0 Å². The van der Waals surface area contributed by atoms with Gasteiger partial charge in [-0.2, -0.15) is 0 Å². The predicted molar refractivity (Wildman–Crippen MR) is 89.6 cm³/mol. The van der Waals surface area contributed by atoms with Crippen LogP contribution < -0.4 is 0 Å². The van der Waals surface area contributed by atoms with E-state index in [4.69, 9.17) is 16.3 Å². The Kier molecular flexibility index (Phi) is 3.77. The minimum Gasteiger partial charge on any atom is -0.460 e. The average molecular weight is 402 g/mol. The molecule has 0 amide bonds. The lowest BCUT2D eigenvalue weighted by molar-refractivity contribution is -0.171. The molecule has 5 rings (SSSR count). The number of hydrogen-bond acceptors (Lipinski definition) is 2. The maximum atomic E-state index is 13.9. The van der Waals surface area contributed by atoms with E-state index in [1.807, 2.05) is 0 Å². The van der Waals surface area contributed by atoms with Crippen LogP contribution >= 0.6 is 27.5 Å². The van der Waals surface area contributed by atoms with Gasteiger partial charge in [0.05, 0.1) is 5.41 Å². The van der Waals surface area contributed by atoms with Gasteiger partial charge >= 0.3 is 5.97 Å². The Balaban J connectivity index is 1.49. The Morgan fingerprint density at radius 3 is 2.61 bits per heavy atom. The summed E-state index contributed by atoms with van der Waals surface area (Å²) in [7, 11) is 0. The quantitative estimate of drug-likeness (QED) is 0.513. The number of alkyl halides is 1. The van der Waals surface area contributed by atoms with Crippen LogP contribution in [0, 0.1) is 23.1 Å². The smallest absolute Gasteiger partial charge is 0.312 e. The number of halogens is 3. The fourth-order valence-electron chi connectivity index (χ4n) is 5.32. The Morgan fingerprint density at radius 2 is 2.00 bits per heavy atom. The highest BCUT2D eigenvalue weighted by Gasteiger charge is 2.60. The van der Waals surface area contributed by atoms with Crippen molar-refractivity contribution >= 4 is 33.5 Å². The molecule has 0 spiro atoms. The zero-order valence-electron chi connectivity index (χ0n) is 12.8. The van der Waals surface area contributed by atoms with Gasteiger partial charge in [-0.25, -0.2) is 4.39 Å². The largest absolute Gasteiger partial charge is 0.460 e. The van der Waals surface area contributed by atoms with Gasteiger partial charge in [0.25, 0.3) is 0 Å². The van der Waals surface area contributed by atoms with Crippen LogP contribution in [0.1, 0.15) is 44.1 Å². The maximum absolute atomic E-state index is 13.9. The van der Waals surface area contributed by atoms with Crippen molar-refractivity contribution in [3.8, 4) is 0 Å². The molecule has 5 heteroatoms. The fraction of sp³-hybridized carbons (Fsp3) is 0.611. The number of rotatable bonds is 3. The summed E-state index contributed by atoms with van der Waals surface area (Å²) in [6, 6.07) is 4.79. The monoisotopic (exact) mass is 400 g/mol. The molecular weight excluding hydrogens is 383 g/mol. The van der Waals surface area contributed by atoms with E-state index >= 15 is 0 Å². The Hall–Kier alpha value is -0.610. The van der Waals surface area contributed by atoms with Crippen molar-refractivity contribution in [2.75, 3.05) is 0 Å². The molecule has 0 heterocycles. The molecule has 0 radical (unpaired) electrons. The van der Waals surface area contributed by atoms with Crippen molar-refractivity contribution in [1.82, 2.24) is 0 Å². The molecule has 4 aliphatic rings. The van der Waals surface area contributed by atoms with E-state index in [1.54, 1.807) is 12.1 Å². The molecule has 1 aromatic rings. The van der Waals surface area contributed by atoms with Crippen molar-refractivity contribution in [1.29, 1.82) is 0 Å². The third-order valence-corrected chi connectivity index (χ3v) is 6.73. The third kappa shape index (κ3) is 2.82. The molecule has 4 saturated carbocycles. The second-order valence-corrected chi connectivity index (χ2v) is 9.42. The number of carbonyl (C=O) groups is 1. The van der Waals surface area contributed by atoms with Crippen molar-refractivity contribution in [3.63, 3.8) is 0 Å². The van der Waals surface area contributed by atoms with E-state index < -0.39 is 5.41 Å². The molecule has 0 N–H and O–H groups in total. The first-order valence-electron chi connectivity index (χ1n) is 8.18. The Morgan fingerprint density at radius 1 is 1.30 bits per heavy atom. The van der Waals surface area contributed by atoms with Crippen LogP contribution in [0.4, 0.5) is 4.39 Å². The molecule has 1 aromatic carbocycles. The predicted octanol–water partition coefficient (Wildman–Crippen LogP) is 5.21. The van der Waals surface area contributed by atoms with Crippen molar-refractivity contribution in [2.45, 2.75) is 50.0 Å². The molecule has 4 fully saturated rings. The summed E-state index contributed by atoms with van der Waals surface area (Å²) in [5.74, 6) is 0.557. The zero-order valence-corrected chi connectivity index (χ0v) is 15.1. The summed E-state index contributed by atoms with van der Waals surface area (Å²) >= 11 is 9.98. The molecule has 4 aliphatic carbocycles. The summed E-state index contributed by atoms with van der Waals surface area (Å²) in [5, 5.41) is 0. The lowest BCUT2D eigenvalue weighted by Gasteiger charge is -2.58. The van der Waals surface area contributed by atoms with Gasteiger partial charge in [-0.15, -0.1) is 11.6 Å². The number of esters is 1. The van der Waals surface area contributed by atoms with E-state index in [0.717, 1.165) is 32.1 Å². The summed E-state index contributed by atoms with van der Waals surface area (Å²) < 4.78 is 20.1. The first kappa shape index (κ1) is 15.9. The van der Waals surface area contributed by atoms with E-state index in [1.165, 1.54) is 12.5 Å². The highest BCUT2D eigenvalue weighted by molar-refractivity contribution is 9.10. The van der Waals surface area contributed by atoms with Gasteiger partial charge in [-0.1, -0.05) is 22.0 Å². The summed E-state index contributed by atoms with van der Waals surface area (Å²) in [6.07, 6.45) is 5.75. The van der Waals surface area contributed by atoms with E-state index in [0.29, 0.717) is 21.9 Å². The van der Waals surface area contributed by atoms with Gasteiger partial charge in [0.15, 0.2) is 0 Å².